The molecular weight excluding hydrogens is 234 g/mol. The van der Waals surface area contributed by atoms with Gasteiger partial charge in [0.1, 0.15) is 0 Å². The molecule has 1 rings (SSSR count). The SMILES string of the molecule is CC.CC1CO1.CCCCCCCCCCCCN. The predicted molar refractivity (Wildman–Crippen MR) is 87.7 cm³/mol. The van der Waals surface area contributed by atoms with Crippen LogP contribution in [0.4, 0.5) is 0 Å². The van der Waals surface area contributed by atoms with Crippen LogP contribution in [-0.2, 0) is 4.74 Å². The minimum atomic E-state index is 0.583. The molecule has 1 heterocycles. The summed E-state index contributed by atoms with van der Waals surface area (Å²) in [5.41, 5.74) is 5.42. The first-order valence-corrected chi connectivity index (χ1v) is 8.63. The molecule has 118 valence electrons. The van der Waals surface area contributed by atoms with E-state index in [1.807, 2.05) is 13.8 Å². The largest absolute Gasteiger partial charge is 0.373 e. The van der Waals surface area contributed by atoms with Crippen molar-refractivity contribution in [2.45, 2.75) is 98.0 Å². The highest BCUT2D eigenvalue weighted by Gasteiger charge is 2.13. The van der Waals surface area contributed by atoms with E-state index in [2.05, 4.69) is 13.8 Å². The number of ether oxygens (including phenoxy) is 1. The van der Waals surface area contributed by atoms with Crippen LogP contribution in [0, 0.1) is 0 Å². The van der Waals surface area contributed by atoms with Crippen LogP contribution >= 0.6 is 0 Å². The van der Waals surface area contributed by atoms with Gasteiger partial charge < -0.3 is 10.5 Å². The smallest absolute Gasteiger partial charge is 0.0781 e. The molecule has 1 aliphatic rings. The van der Waals surface area contributed by atoms with E-state index >= 15 is 0 Å². The number of epoxide rings is 1. The topological polar surface area (TPSA) is 38.5 Å². The summed E-state index contributed by atoms with van der Waals surface area (Å²) < 4.78 is 4.71. The molecule has 0 aromatic rings. The molecule has 2 nitrogen and oxygen atoms in total. The number of hydrogen-bond donors (Lipinski definition) is 1. The van der Waals surface area contributed by atoms with Gasteiger partial charge in [0.25, 0.3) is 0 Å². The molecule has 1 unspecified atom stereocenters. The Bertz CT molecular complexity index is 125. The molecule has 0 spiro atoms. The molecule has 0 aromatic heterocycles. The van der Waals surface area contributed by atoms with Gasteiger partial charge in [-0.3, -0.25) is 0 Å². The van der Waals surface area contributed by atoms with E-state index in [0.29, 0.717) is 6.10 Å². The van der Waals surface area contributed by atoms with Gasteiger partial charge in [-0.25, -0.2) is 0 Å². The third kappa shape index (κ3) is 27.2. The van der Waals surface area contributed by atoms with Crippen molar-refractivity contribution in [2.75, 3.05) is 13.2 Å². The quantitative estimate of drug-likeness (QED) is 0.433. The van der Waals surface area contributed by atoms with E-state index in [-0.39, 0.29) is 0 Å². The van der Waals surface area contributed by atoms with E-state index in [9.17, 15) is 0 Å². The monoisotopic (exact) mass is 273 g/mol. The molecule has 0 bridgehead atoms. The Morgan fingerprint density at radius 1 is 0.842 bits per heavy atom. The number of nitrogens with two attached hydrogens (primary N) is 1. The third-order valence-electron chi connectivity index (χ3n) is 3.06. The van der Waals surface area contributed by atoms with Crippen LogP contribution in [0.1, 0.15) is 91.9 Å². The maximum atomic E-state index is 5.42. The van der Waals surface area contributed by atoms with E-state index in [0.717, 1.165) is 13.2 Å². The molecule has 0 aliphatic carbocycles. The Hall–Kier alpha value is -0.0800. The van der Waals surface area contributed by atoms with Gasteiger partial charge in [0.05, 0.1) is 12.7 Å². The van der Waals surface area contributed by atoms with E-state index in [1.165, 1.54) is 64.2 Å². The molecule has 0 saturated carbocycles. The Morgan fingerprint density at radius 2 is 1.16 bits per heavy atom. The van der Waals surface area contributed by atoms with Crippen molar-refractivity contribution < 1.29 is 4.74 Å². The maximum Gasteiger partial charge on any atom is 0.0781 e. The molecule has 0 aromatic carbocycles. The predicted octanol–water partition coefficient (Wildman–Crippen LogP) is 5.30. The number of rotatable bonds is 10. The Labute approximate surface area is 122 Å². The first-order valence-electron chi connectivity index (χ1n) is 8.63. The summed E-state index contributed by atoms with van der Waals surface area (Å²) in [6.45, 7) is 10.2. The van der Waals surface area contributed by atoms with Crippen LogP contribution in [0.5, 0.6) is 0 Å². The second-order valence-electron chi connectivity index (χ2n) is 5.11. The molecule has 1 aliphatic heterocycles. The fourth-order valence-electron chi connectivity index (χ4n) is 1.73. The zero-order valence-electron chi connectivity index (χ0n) is 14.0. The van der Waals surface area contributed by atoms with Gasteiger partial charge in [0, 0.05) is 0 Å². The highest BCUT2D eigenvalue weighted by atomic mass is 16.6. The van der Waals surface area contributed by atoms with Crippen LogP contribution < -0.4 is 5.73 Å². The summed E-state index contributed by atoms with van der Waals surface area (Å²) in [5, 5.41) is 0. The van der Waals surface area contributed by atoms with Gasteiger partial charge in [0.2, 0.25) is 0 Å². The van der Waals surface area contributed by atoms with Crippen LogP contribution in [0.15, 0.2) is 0 Å². The third-order valence-corrected chi connectivity index (χ3v) is 3.06. The summed E-state index contributed by atoms with van der Waals surface area (Å²) >= 11 is 0. The van der Waals surface area contributed by atoms with Gasteiger partial charge in [-0.1, -0.05) is 78.6 Å². The van der Waals surface area contributed by atoms with Crippen molar-refractivity contribution in [3.05, 3.63) is 0 Å². The van der Waals surface area contributed by atoms with Gasteiger partial charge in [0.15, 0.2) is 0 Å². The number of hydrogen-bond acceptors (Lipinski definition) is 2. The second kappa shape index (κ2) is 20.2. The standard InChI is InChI=1S/C12H27N.C3H6O.C2H6/c1-2-3-4-5-6-7-8-9-10-11-12-13;1-3-2-4-3;1-2/h2-13H2,1H3;3H,2H2,1H3;1-2H3. The minimum Gasteiger partial charge on any atom is -0.373 e. The minimum absolute atomic E-state index is 0.583. The fraction of sp³-hybridized carbons (Fsp3) is 1.00. The lowest BCUT2D eigenvalue weighted by molar-refractivity contribution is 0.423. The summed E-state index contributed by atoms with van der Waals surface area (Å²) in [5.74, 6) is 0. The highest BCUT2D eigenvalue weighted by Crippen LogP contribution is 2.09. The summed E-state index contributed by atoms with van der Waals surface area (Å²) in [7, 11) is 0. The van der Waals surface area contributed by atoms with Gasteiger partial charge in [-0.2, -0.15) is 0 Å². The molecule has 2 N–H and O–H groups in total. The van der Waals surface area contributed by atoms with Crippen molar-refractivity contribution in [1.29, 1.82) is 0 Å². The molecule has 1 saturated heterocycles. The molecule has 19 heavy (non-hydrogen) atoms. The second-order valence-corrected chi connectivity index (χ2v) is 5.11. The lowest BCUT2D eigenvalue weighted by Crippen LogP contribution is -1.97. The first kappa shape index (κ1) is 21.2. The van der Waals surface area contributed by atoms with Gasteiger partial charge in [-0.05, 0) is 19.9 Å². The molecule has 1 atom stereocenters. The fourth-order valence-corrected chi connectivity index (χ4v) is 1.73. The normalized spacial score (nSPS) is 15.9. The summed E-state index contributed by atoms with van der Waals surface area (Å²) in [6, 6.07) is 0. The number of unbranched alkanes of at least 4 members (excludes halogenated alkanes) is 9. The van der Waals surface area contributed by atoms with Crippen LogP contribution in [0.3, 0.4) is 0 Å². The lowest BCUT2D eigenvalue weighted by Gasteiger charge is -2.00. The Balaban J connectivity index is 0. The van der Waals surface area contributed by atoms with Crippen LogP contribution in [0.25, 0.3) is 0 Å². The Morgan fingerprint density at radius 3 is 1.42 bits per heavy atom. The first-order chi connectivity index (χ1) is 9.31. The van der Waals surface area contributed by atoms with E-state index in [4.69, 9.17) is 10.5 Å². The zero-order chi connectivity index (χ0) is 14.8. The highest BCUT2D eigenvalue weighted by molar-refractivity contribution is 4.58. The van der Waals surface area contributed by atoms with Gasteiger partial charge in [-0.15, -0.1) is 0 Å². The molecule has 0 radical (unpaired) electrons. The molecular formula is C17H39NO. The van der Waals surface area contributed by atoms with E-state index < -0.39 is 0 Å². The lowest BCUT2D eigenvalue weighted by atomic mass is 10.1. The molecule has 0 amide bonds. The average molecular weight is 274 g/mol. The van der Waals surface area contributed by atoms with Crippen molar-refractivity contribution in [2.24, 2.45) is 5.73 Å². The Kier molecular flexibility index (Phi) is 22.6. The van der Waals surface area contributed by atoms with Crippen molar-refractivity contribution in [3.63, 3.8) is 0 Å². The molecule has 1 fully saturated rings. The molecule has 2 heteroatoms. The average Bonchev–Trinajstić information content (AvgIpc) is 3.22. The van der Waals surface area contributed by atoms with Crippen molar-refractivity contribution in [3.8, 4) is 0 Å². The maximum absolute atomic E-state index is 5.42. The van der Waals surface area contributed by atoms with Gasteiger partial charge >= 0.3 is 0 Å². The van der Waals surface area contributed by atoms with E-state index in [1.54, 1.807) is 0 Å². The van der Waals surface area contributed by atoms with Crippen molar-refractivity contribution >= 4 is 0 Å². The van der Waals surface area contributed by atoms with Crippen molar-refractivity contribution in [1.82, 2.24) is 0 Å². The van der Waals surface area contributed by atoms with Crippen LogP contribution in [-0.4, -0.2) is 19.3 Å². The summed E-state index contributed by atoms with van der Waals surface area (Å²) in [6.07, 6.45) is 14.5. The zero-order valence-corrected chi connectivity index (χ0v) is 14.0. The summed E-state index contributed by atoms with van der Waals surface area (Å²) in [4.78, 5) is 0. The van der Waals surface area contributed by atoms with Crippen LogP contribution in [0.2, 0.25) is 0 Å².